The average molecular weight is 412 g/mol. The van der Waals surface area contributed by atoms with Crippen LogP contribution >= 0.6 is 0 Å². The highest BCUT2D eigenvalue weighted by atomic mass is 19.1. The van der Waals surface area contributed by atoms with Crippen LogP contribution in [0.2, 0.25) is 0 Å². The van der Waals surface area contributed by atoms with Gasteiger partial charge >= 0.3 is 0 Å². The Labute approximate surface area is 173 Å². The number of hydrogen-bond acceptors (Lipinski definition) is 4. The number of rotatable bonds is 6. The zero-order valence-electron chi connectivity index (χ0n) is 17.0. The Balaban J connectivity index is 1.34. The molecule has 0 saturated carbocycles. The van der Waals surface area contributed by atoms with Gasteiger partial charge in [0.15, 0.2) is 0 Å². The summed E-state index contributed by atoms with van der Waals surface area (Å²) in [4.78, 5) is 26.0. The zero-order chi connectivity index (χ0) is 21.1. The van der Waals surface area contributed by atoms with Gasteiger partial charge in [0, 0.05) is 43.4 Å². The topological polar surface area (TPSA) is 64.7 Å². The van der Waals surface area contributed by atoms with E-state index in [2.05, 4.69) is 0 Å². The smallest absolute Gasteiger partial charge is 0.227 e. The summed E-state index contributed by atoms with van der Waals surface area (Å²) in [5.41, 5.74) is -0.224. The van der Waals surface area contributed by atoms with Gasteiger partial charge in [-0.3, -0.25) is 9.59 Å². The van der Waals surface area contributed by atoms with Crippen LogP contribution < -0.4 is 10.2 Å². The number of carbonyl (C=O) groups excluding carboxylic acids is 1. The van der Waals surface area contributed by atoms with E-state index in [0.29, 0.717) is 31.3 Å². The quantitative estimate of drug-likeness (QED) is 0.618. The molecule has 0 N–H and O–H groups in total. The SMILES string of the molecule is CCC(=O)N1CCC(COc2coc(Cn3cc4ccc(F)cc4c3)cc2=O)CC1. The lowest BCUT2D eigenvalue weighted by Crippen LogP contribution is -2.39. The van der Waals surface area contributed by atoms with Crippen molar-refractivity contribution in [1.82, 2.24) is 9.47 Å². The molecule has 1 aliphatic rings. The van der Waals surface area contributed by atoms with Crippen molar-refractivity contribution in [2.75, 3.05) is 19.7 Å². The zero-order valence-corrected chi connectivity index (χ0v) is 17.0. The van der Waals surface area contributed by atoms with E-state index in [1.54, 1.807) is 6.07 Å². The molecule has 1 aromatic carbocycles. The molecule has 7 heteroatoms. The van der Waals surface area contributed by atoms with E-state index in [9.17, 15) is 14.0 Å². The van der Waals surface area contributed by atoms with Gasteiger partial charge in [0.05, 0.1) is 13.2 Å². The Kier molecular flexibility index (Phi) is 5.88. The fraction of sp³-hybridized carbons (Fsp3) is 0.391. The van der Waals surface area contributed by atoms with Gasteiger partial charge < -0.3 is 18.6 Å². The maximum atomic E-state index is 13.3. The fourth-order valence-corrected chi connectivity index (χ4v) is 3.85. The van der Waals surface area contributed by atoms with Crippen molar-refractivity contribution >= 4 is 16.7 Å². The summed E-state index contributed by atoms with van der Waals surface area (Å²) in [6.45, 7) is 4.16. The van der Waals surface area contributed by atoms with Crippen molar-refractivity contribution in [1.29, 1.82) is 0 Å². The highest BCUT2D eigenvalue weighted by Gasteiger charge is 2.22. The molecule has 4 rings (SSSR count). The molecule has 0 bridgehead atoms. The number of piperidine rings is 1. The Morgan fingerprint density at radius 1 is 1.20 bits per heavy atom. The molecule has 1 saturated heterocycles. The Morgan fingerprint density at radius 3 is 2.70 bits per heavy atom. The summed E-state index contributed by atoms with van der Waals surface area (Å²) >= 11 is 0. The van der Waals surface area contributed by atoms with Crippen LogP contribution in [-0.2, 0) is 11.3 Å². The molecule has 3 heterocycles. The molecule has 6 nitrogen and oxygen atoms in total. The van der Waals surface area contributed by atoms with Gasteiger partial charge in [0.1, 0.15) is 17.8 Å². The van der Waals surface area contributed by atoms with Gasteiger partial charge in [-0.2, -0.15) is 0 Å². The second-order valence-corrected chi connectivity index (χ2v) is 7.77. The first-order valence-corrected chi connectivity index (χ1v) is 10.3. The van der Waals surface area contributed by atoms with E-state index in [1.807, 2.05) is 28.8 Å². The van der Waals surface area contributed by atoms with Crippen molar-refractivity contribution in [3.05, 3.63) is 64.7 Å². The molecular weight excluding hydrogens is 387 g/mol. The highest BCUT2D eigenvalue weighted by Crippen LogP contribution is 2.20. The molecule has 3 aromatic rings. The Hall–Kier alpha value is -3.09. The minimum absolute atomic E-state index is 0.186. The Morgan fingerprint density at radius 2 is 1.97 bits per heavy atom. The van der Waals surface area contributed by atoms with E-state index in [-0.39, 0.29) is 22.9 Å². The van der Waals surface area contributed by atoms with Crippen molar-refractivity contribution in [2.24, 2.45) is 5.92 Å². The third-order valence-corrected chi connectivity index (χ3v) is 5.59. The highest BCUT2D eigenvalue weighted by molar-refractivity contribution is 5.82. The molecule has 1 amide bonds. The van der Waals surface area contributed by atoms with Crippen LogP contribution in [0.5, 0.6) is 5.75 Å². The van der Waals surface area contributed by atoms with Crippen LogP contribution in [0.4, 0.5) is 4.39 Å². The molecule has 0 radical (unpaired) electrons. The molecule has 0 spiro atoms. The standard InChI is InChI=1S/C23H25FN2O4/c1-2-23(28)26-7-5-16(6-8-26)14-30-22-15-29-20(10-21(22)27)13-25-11-17-3-4-19(24)9-18(17)12-25/h3-4,9-12,15-16H,2,5-8,13-14H2,1H3. The lowest BCUT2D eigenvalue weighted by Gasteiger charge is -2.31. The number of carbonyl (C=O) groups is 1. The van der Waals surface area contributed by atoms with Crippen LogP contribution in [0.1, 0.15) is 31.9 Å². The summed E-state index contributed by atoms with van der Waals surface area (Å²) < 4.78 is 26.5. The van der Waals surface area contributed by atoms with Crippen LogP contribution in [-0.4, -0.2) is 35.1 Å². The van der Waals surface area contributed by atoms with E-state index in [1.165, 1.54) is 24.5 Å². The van der Waals surface area contributed by atoms with Gasteiger partial charge in [-0.1, -0.05) is 6.92 Å². The monoisotopic (exact) mass is 412 g/mol. The maximum Gasteiger partial charge on any atom is 0.227 e. The summed E-state index contributed by atoms with van der Waals surface area (Å²) in [5.74, 6) is 0.921. The normalized spacial score (nSPS) is 14.9. The van der Waals surface area contributed by atoms with Crippen molar-refractivity contribution in [3.8, 4) is 5.75 Å². The number of fused-ring (bicyclic) bond motifs is 1. The van der Waals surface area contributed by atoms with Gasteiger partial charge in [-0.15, -0.1) is 0 Å². The third-order valence-electron chi connectivity index (χ3n) is 5.59. The molecular formula is C23H25FN2O4. The summed E-state index contributed by atoms with van der Waals surface area (Å²) in [6.07, 6.45) is 7.34. The van der Waals surface area contributed by atoms with E-state index < -0.39 is 0 Å². The first-order valence-electron chi connectivity index (χ1n) is 10.3. The van der Waals surface area contributed by atoms with Crippen molar-refractivity contribution in [3.63, 3.8) is 0 Å². The lowest BCUT2D eigenvalue weighted by molar-refractivity contribution is -0.132. The number of aromatic nitrogens is 1. The minimum Gasteiger partial charge on any atom is -0.486 e. The van der Waals surface area contributed by atoms with Crippen LogP contribution in [0.3, 0.4) is 0 Å². The average Bonchev–Trinajstić information content (AvgIpc) is 3.14. The van der Waals surface area contributed by atoms with Gasteiger partial charge in [0.2, 0.25) is 17.1 Å². The largest absolute Gasteiger partial charge is 0.486 e. The number of nitrogens with zero attached hydrogens (tertiary/aromatic N) is 2. The van der Waals surface area contributed by atoms with Crippen molar-refractivity contribution in [2.45, 2.75) is 32.7 Å². The number of likely N-dealkylation sites (tertiary alicyclic amines) is 1. The number of halogens is 1. The predicted molar refractivity (Wildman–Crippen MR) is 111 cm³/mol. The second-order valence-electron chi connectivity index (χ2n) is 7.77. The molecule has 1 fully saturated rings. The van der Waals surface area contributed by atoms with Crippen molar-refractivity contribution < 1.29 is 18.3 Å². The summed E-state index contributed by atoms with van der Waals surface area (Å²) in [5, 5.41) is 1.72. The van der Waals surface area contributed by atoms with Gasteiger partial charge in [-0.25, -0.2) is 4.39 Å². The second kappa shape index (κ2) is 8.73. The molecule has 1 aliphatic heterocycles. The number of amides is 1. The molecule has 158 valence electrons. The first-order chi connectivity index (χ1) is 14.5. The minimum atomic E-state index is -0.282. The van der Waals surface area contributed by atoms with Gasteiger partial charge in [0.25, 0.3) is 0 Å². The van der Waals surface area contributed by atoms with E-state index in [4.69, 9.17) is 9.15 Å². The Bertz CT molecular complexity index is 1100. The third kappa shape index (κ3) is 4.56. The first kappa shape index (κ1) is 20.2. The lowest BCUT2D eigenvalue weighted by atomic mass is 9.97. The number of benzene rings is 1. The van der Waals surface area contributed by atoms with Crippen LogP contribution in [0, 0.1) is 11.7 Å². The summed E-state index contributed by atoms with van der Waals surface area (Å²) in [6, 6.07) is 6.05. The molecule has 0 atom stereocenters. The number of hydrogen-bond donors (Lipinski definition) is 0. The predicted octanol–water partition coefficient (Wildman–Crippen LogP) is 3.81. The van der Waals surface area contributed by atoms with Crippen LogP contribution in [0.15, 0.2) is 52.1 Å². The van der Waals surface area contributed by atoms with Gasteiger partial charge in [-0.05, 0) is 42.3 Å². The van der Waals surface area contributed by atoms with Crippen LogP contribution in [0.25, 0.3) is 10.8 Å². The molecule has 0 aliphatic carbocycles. The molecule has 0 unspecified atom stereocenters. The molecule has 30 heavy (non-hydrogen) atoms. The molecule has 2 aromatic heterocycles. The maximum absolute atomic E-state index is 13.3. The van der Waals surface area contributed by atoms with E-state index >= 15 is 0 Å². The fourth-order valence-electron chi connectivity index (χ4n) is 3.85. The summed E-state index contributed by atoms with van der Waals surface area (Å²) in [7, 11) is 0. The number of ether oxygens (including phenoxy) is 1. The van der Waals surface area contributed by atoms with E-state index in [0.717, 1.165) is 36.7 Å².